The van der Waals surface area contributed by atoms with Crippen molar-refractivity contribution >= 4 is 5.91 Å². The Hall–Kier alpha value is -3.03. The molecule has 0 unspecified atom stereocenters. The van der Waals surface area contributed by atoms with Gasteiger partial charge in [0.2, 0.25) is 17.6 Å². The molecule has 0 saturated heterocycles. The first-order valence-electron chi connectivity index (χ1n) is 7.87. The van der Waals surface area contributed by atoms with E-state index in [1.54, 1.807) is 29.9 Å². The Labute approximate surface area is 143 Å². The fourth-order valence-corrected chi connectivity index (χ4v) is 2.39. The van der Waals surface area contributed by atoms with Gasteiger partial charge in [0.05, 0.1) is 6.20 Å². The lowest BCUT2D eigenvalue weighted by Gasteiger charge is -2.09. The Morgan fingerprint density at radius 3 is 3.00 bits per heavy atom. The van der Waals surface area contributed by atoms with Crippen LogP contribution in [0.2, 0.25) is 0 Å². The number of halogens is 1. The van der Waals surface area contributed by atoms with Crippen molar-refractivity contribution in [1.29, 1.82) is 0 Å². The van der Waals surface area contributed by atoms with E-state index in [4.69, 9.17) is 4.52 Å². The Kier molecular flexibility index (Phi) is 4.87. The Morgan fingerprint density at radius 1 is 1.44 bits per heavy atom. The van der Waals surface area contributed by atoms with Crippen molar-refractivity contribution in [2.45, 2.75) is 25.8 Å². The van der Waals surface area contributed by atoms with Gasteiger partial charge in [-0.1, -0.05) is 17.3 Å². The topological polar surface area (TPSA) is 85.8 Å². The molecule has 2 heterocycles. The molecule has 3 aromatic rings. The van der Waals surface area contributed by atoms with Gasteiger partial charge in [-0.05, 0) is 31.0 Å². The van der Waals surface area contributed by atoms with E-state index in [-0.39, 0.29) is 23.4 Å². The third-order valence-electron chi connectivity index (χ3n) is 3.67. The Bertz CT molecular complexity index is 873. The molecule has 0 aliphatic heterocycles. The maximum Gasteiger partial charge on any atom is 0.249 e. The number of rotatable bonds is 6. The first-order chi connectivity index (χ1) is 12.0. The summed E-state index contributed by atoms with van der Waals surface area (Å²) in [7, 11) is 1.83. The minimum Gasteiger partial charge on any atom is -0.345 e. The van der Waals surface area contributed by atoms with Crippen molar-refractivity contribution < 1.29 is 13.7 Å². The van der Waals surface area contributed by atoms with Crippen LogP contribution < -0.4 is 5.32 Å². The largest absolute Gasteiger partial charge is 0.345 e. The van der Waals surface area contributed by atoms with Gasteiger partial charge in [0, 0.05) is 25.2 Å². The quantitative estimate of drug-likeness (QED) is 0.743. The standard InChI is InChI=1S/C17H18FN5O2/c1-11(20-15(24)7-6-12-9-19-23(2)10-12)17-21-16(22-25-17)13-4-3-5-14(18)8-13/h3-5,8-11H,6-7H2,1-2H3,(H,20,24)/t11-/m0/s1. The summed E-state index contributed by atoms with van der Waals surface area (Å²) < 4.78 is 20.1. The van der Waals surface area contributed by atoms with Crippen LogP contribution in [0.4, 0.5) is 4.39 Å². The summed E-state index contributed by atoms with van der Waals surface area (Å²) in [6, 6.07) is 5.50. The minimum absolute atomic E-state index is 0.123. The van der Waals surface area contributed by atoms with Gasteiger partial charge < -0.3 is 9.84 Å². The van der Waals surface area contributed by atoms with Crippen LogP contribution in [-0.2, 0) is 18.3 Å². The smallest absolute Gasteiger partial charge is 0.249 e. The molecular weight excluding hydrogens is 325 g/mol. The van der Waals surface area contributed by atoms with Gasteiger partial charge in [0.15, 0.2) is 0 Å². The van der Waals surface area contributed by atoms with Crippen molar-refractivity contribution in [1.82, 2.24) is 25.2 Å². The van der Waals surface area contributed by atoms with Gasteiger partial charge in [-0.2, -0.15) is 10.1 Å². The van der Waals surface area contributed by atoms with Crippen LogP contribution in [0.15, 0.2) is 41.2 Å². The van der Waals surface area contributed by atoms with Gasteiger partial charge in [0.1, 0.15) is 11.9 Å². The number of hydrogen-bond acceptors (Lipinski definition) is 5. The number of benzene rings is 1. The minimum atomic E-state index is -0.434. The molecule has 0 radical (unpaired) electrons. The Morgan fingerprint density at radius 2 is 2.28 bits per heavy atom. The molecule has 130 valence electrons. The summed E-state index contributed by atoms with van der Waals surface area (Å²) in [5.41, 5.74) is 1.52. The molecule has 0 aliphatic carbocycles. The predicted molar refractivity (Wildman–Crippen MR) is 87.8 cm³/mol. The fourth-order valence-electron chi connectivity index (χ4n) is 2.39. The molecular formula is C17H18FN5O2. The fraction of sp³-hybridized carbons (Fsp3) is 0.294. The summed E-state index contributed by atoms with van der Waals surface area (Å²) in [6.07, 6.45) is 4.55. The van der Waals surface area contributed by atoms with Crippen LogP contribution in [0.25, 0.3) is 11.4 Å². The summed E-state index contributed by atoms with van der Waals surface area (Å²) in [4.78, 5) is 16.3. The third-order valence-corrected chi connectivity index (χ3v) is 3.67. The lowest BCUT2D eigenvalue weighted by molar-refractivity contribution is -0.121. The maximum atomic E-state index is 13.3. The molecule has 8 heteroatoms. The zero-order valence-corrected chi connectivity index (χ0v) is 13.9. The maximum absolute atomic E-state index is 13.3. The molecule has 1 N–H and O–H groups in total. The van der Waals surface area contributed by atoms with E-state index in [2.05, 4.69) is 20.6 Å². The van der Waals surface area contributed by atoms with E-state index in [9.17, 15) is 9.18 Å². The van der Waals surface area contributed by atoms with E-state index in [0.29, 0.717) is 18.4 Å². The van der Waals surface area contributed by atoms with Crippen LogP contribution >= 0.6 is 0 Å². The van der Waals surface area contributed by atoms with Crippen LogP contribution in [0, 0.1) is 5.82 Å². The molecule has 7 nitrogen and oxygen atoms in total. The summed E-state index contributed by atoms with van der Waals surface area (Å²) >= 11 is 0. The highest BCUT2D eigenvalue weighted by Gasteiger charge is 2.17. The van der Waals surface area contributed by atoms with Gasteiger partial charge in [-0.3, -0.25) is 9.48 Å². The van der Waals surface area contributed by atoms with Crippen LogP contribution in [0.1, 0.15) is 30.8 Å². The highest BCUT2D eigenvalue weighted by Crippen LogP contribution is 2.19. The molecule has 1 aromatic carbocycles. The van der Waals surface area contributed by atoms with Gasteiger partial charge >= 0.3 is 0 Å². The molecule has 1 atom stereocenters. The van der Waals surface area contributed by atoms with E-state index in [0.717, 1.165) is 5.56 Å². The van der Waals surface area contributed by atoms with Crippen LogP contribution in [-0.4, -0.2) is 25.8 Å². The van der Waals surface area contributed by atoms with Crippen LogP contribution in [0.3, 0.4) is 0 Å². The molecule has 0 aliphatic rings. The second-order valence-electron chi connectivity index (χ2n) is 5.78. The SMILES string of the molecule is C[C@H](NC(=O)CCc1cnn(C)c1)c1nc(-c2cccc(F)c2)no1. The highest BCUT2D eigenvalue weighted by atomic mass is 19.1. The summed E-state index contributed by atoms with van der Waals surface area (Å²) in [5.74, 6) is 0.0578. The van der Waals surface area contributed by atoms with Crippen molar-refractivity contribution in [3.8, 4) is 11.4 Å². The zero-order chi connectivity index (χ0) is 17.8. The number of hydrogen-bond donors (Lipinski definition) is 1. The van der Waals surface area contributed by atoms with Crippen molar-refractivity contribution in [2.75, 3.05) is 0 Å². The normalized spacial score (nSPS) is 12.1. The zero-order valence-electron chi connectivity index (χ0n) is 13.9. The first-order valence-corrected chi connectivity index (χ1v) is 7.87. The van der Waals surface area contributed by atoms with E-state index in [1.165, 1.54) is 12.1 Å². The molecule has 0 saturated carbocycles. The monoisotopic (exact) mass is 343 g/mol. The number of nitrogens with one attached hydrogen (secondary N) is 1. The second-order valence-corrected chi connectivity index (χ2v) is 5.78. The van der Waals surface area contributed by atoms with Gasteiger partial charge in [0.25, 0.3) is 0 Å². The first kappa shape index (κ1) is 16.8. The number of carbonyl (C=O) groups excluding carboxylic acids is 1. The van der Waals surface area contributed by atoms with Gasteiger partial charge in [-0.15, -0.1) is 0 Å². The molecule has 0 spiro atoms. The number of aromatic nitrogens is 4. The van der Waals surface area contributed by atoms with E-state index in [1.807, 2.05) is 13.2 Å². The second kappa shape index (κ2) is 7.25. The molecule has 25 heavy (non-hydrogen) atoms. The molecule has 0 bridgehead atoms. The number of nitrogens with zero attached hydrogens (tertiary/aromatic N) is 4. The summed E-state index contributed by atoms with van der Waals surface area (Å²) in [6.45, 7) is 1.75. The van der Waals surface area contributed by atoms with Crippen molar-refractivity contribution in [2.24, 2.45) is 7.05 Å². The number of aryl methyl sites for hydroxylation is 2. The average Bonchev–Trinajstić information content (AvgIpc) is 3.22. The van der Waals surface area contributed by atoms with Gasteiger partial charge in [-0.25, -0.2) is 4.39 Å². The lowest BCUT2D eigenvalue weighted by atomic mass is 10.2. The lowest BCUT2D eigenvalue weighted by Crippen LogP contribution is -2.27. The Balaban J connectivity index is 1.57. The third kappa shape index (κ3) is 4.28. The molecule has 1 amide bonds. The molecule has 2 aromatic heterocycles. The van der Waals surface area contributed by atoms with Crippen molar-refractivity contribution in [3.63, 3.8) is 0 Å². The predicted octanol–water partition coefficient (Wildman–Crippen LogP) is 2.42. The number of amides is 1. The number of carbonyl (C=O) groups is 1. The van der Waals surface area contributed by atoms with Crippen molar-refractivity contribution in [3.05, 3.63) is 53.9 Å². The highest BCUT2D eigenvalue weighted by molar-refractivity contribution is 5.76. The van der Waals surface area contributed by atoms with E-state index >= 15 is 0 Å². The molecule has 0 fully saturated rings. The average molecular weight is 343 g/mol. The van der Waals surface area contributed by atoms with Crippen LogP contribution in [0.5, 0.6) is 0 Å². The molecule has 3 rings (SSSR count). The van der Waals surface area contributed by atoms with E-state index < -0.39 is 6.04 Å². The summed E-state index contributed by atoms with van der Waals surface area (Å²) in [5, 5.41) is 10.7.